The number of aromatic nitrogens is 3. The van der Waals surface area contributed by atoms with Crippen molar-refractivity contribution in [1.82, 2.24) is 14.8 Å². The first-order valence-corrected chi connectivity index (χ1v) is 4.28. The van der Waals surface area contributed by atoms with Gasteiger partial charge < -0.3 is 4.74 Å². The summed E-state index contributed by atoms with van der Waals surface area (Å²) in [6.07, 6.45) is 10.3. The first-order valence-electron chi connectivity index (χ1n) is 4.28. The minimum Gasteiger partial charge on any atom is -0.381 e. The van der Waals surface area contributed by atoms with Crippen molar-refractivity contribution in [2.45, 2.75) is 18.4 Å². The van der Waals surface area contributed by atoms with Crippen molar-refractivity contribution in [2.24, 2.45) is 0 Å². The summed E-state index contributed by atoms with van der Waals surface area (Å²) in [5.74, 6) is 2.80. The minimum absolute atomic E-state index is 0.311. The van der Waals surface area contributed by atoms with Gasteiger partial charge >= 0.3 is 0 Å². The van der Waals surface area contributed by atoms with E-state index in [0.29, 0.717) is 13.2 Å². The van der Waals surface area contributed by atoms with E-state index in [0.717, 1.165) is 12.8 Å². The molecule has 1 aliphatic heterocycles. The summed E-state index contributed by atoms with van der Waals surface area (Å²) in [7, 11) is 0. The molecule has 1 fully saturated rings. The van der Waals surface area contributed by atoms with Crippen LogP contribution in [0.15, 0.2) is 12.7 Å². The maximum Gasteiger partial charge on any atom is 0.137 e. The van der Waals surface area contributed by atoms with Crippen LogP contribution in [-0.2, 0) is 10.3 Å². The monoisotopic (exact) mass is 177 g/mol. The fraction of sp³-hybridized carbons (Fsp3) is 0.556. The second kappa shape index (κ2) is 3.19. The molecule has 1 aromatic heterocycles. The fourth-order valence-corrected chi connectivity index (χ4v) is 1.58. The predicted molar refractivity (Wildman–Crippen MR) is 46.9 cm³/mol. The Morgan fingerprint density at radius 1 is 1.46 bits per heavy atom. The topological polar surface area (TPSA) is 39.9 Å². The molecule has 2 heterocycles. The Hall–Kier alpha value is -1.34. The van der Waals surface area contributed by atoms with Gasteiger partial charge in [0, 0.05) is 26.1 Å². The third-order valence-corrected chi connectivity index (χ3v) is 2.45. The maximum atomic E-state index is 5.54. The van der Waals surface area contributed by atoms with Crippen LogP contribution in [0.1, 0.15) is 12.8 Å². The van der Waals surface area contributed by atoms with Gasteiger partial charge in [-0.3, -0.25) is 0 Å². The number of ether oxygens (including phenoxy) is 1. The zero-order valence-corrected chi connectivity index (χ0v) is 7.31. The molecular formula is C9H11N3O. The smallest absolute Gasteiger partial charge is 0.137 e. The molecule has 0 N–H and O–H groups in total. The molecule has 0 aliphatic carbocycles. The van der Waals surface area contributed by atoms with Crippen molar-refractivity contribution in [3.63, 3.8) is 0 Å². The zero-order valence-electron chi connectivity index (χ0n) is 7.31. The van der Waals surface area contributed by atoms with E-state index in [9.17, 15) is 0 Å². The number of nitrogens with zero attached hydrogens (tertiary/aromatic N) is 3. The lowest BCUT2D eigenvalue weighted by Crippen LogP contribution is -2.38. The predicted octanol–water partition coefficient (Wildman–Crippen LogP) is 0.417. The maximum absolute atomic E-state index is 5.54. The van der Waals surface area contributed by atoms with E-state index < -0.39 is 0 Å². The van der Waals surface area contributed by atoms with E-state index in [2.05, 4.69) is 16.0 Å². The summed E-state index contributed by atoms with van der Waals surface area (Å²) >= 11 is 0. The second-order valence-corrected chi connectivity index (χ2v) is 3.13. The Bertz CT molecular complexity index is 306. The zero-order chi connectivity index (χ0) is 9.15. The van der Waals surface area contributed by atoms with Crippen LogP contribution < -0.4 is 0 Å². The lowest BCUT2D eigenvalue weighted by Gasteiger charge is -2.32. The van der Waals surface area contributed by atoms with Crippen LogP contribution in [0.25, 0.3) is 0 Å². The Kier molecular flexibility index (Phi) is 2.03. The Morgan fingerprint density at radius 2 is 2.23 bits per heavy atom. The van der Waals surface area contributed by atoms with E-state index >= 15 is 0 Å². The van der Waals surface area contributed by atoms with Gasteiger partial charge in [-0.15, -0.1) is 6.42 Å². The number of hydrogen-bond donors (Lipinski definition) is 0. The highest BCUT2D eigenvalue weighted by atomic mass is 16.5. The molecule has 0 radical (unpaired) electrons. The van der Waals surface area contributed by atoms with Gasteiger partial charge in [-0.1, -0.05) is 5.92 Å². The van der Waals surface area contributed by atoms with Crippen LogP contribution in [0, 0.1) is 12.3 Å². The van der Waals surface area contributed by atoms with Crippen molar-refractivity contribution in [3.8, 4) is 12.3 Å². The molecule has 0 bridgehead atoms. The van der Waals surface area contributed by atoms with Gasteiger partial charge in [-0.05, 0) is 0 Å². The van der Waals surface area contributed by atoms with Crippen molar-refractivity contribution in [3.05, 3.63) is 12.7 Å². The lowest BCUT2D eigenvalue weighted by molar-refractivity contribution is 0.0410. The molecule has 2 rings (SSSR count). The molecule has 13 heavy (non-hydrogen) atoms. The van der Waals surface area contributed by atoms with Crippen molar-refractivity contribution >= 4 is 0 Å². The Balaban J connectivity index is 2.30. The average molecular weight is 177 g/mol. The van der Waals surface area contributed by atoms with Gasteiger partial charge in [-0.2, -0.15) is 5.10 Å². The molecule has 1 aliphatic rings. The fourth-order valence-electron chi connectivity index (χ4n) is 1.58. The van der Waals surface area contributed by atoms with Crippen LogP contribution in [0.3, 0.4) is 0 Å². The number of hydrogen-bond acceptors (Lipinski definition) is 3. The molecule has 0 saturated carbocycles. The summed E-state index contributed by atoms with van der Waals surface area (Å²) in [6.45, 7) is 1.40. The van der Waals surface area contributed by atoms with E-state index in [1.165, 1.54) is 6.33 Å². The summed E-state index contributed by atoms with van der Waals surface area (Å²) in [5.41, 5.74) is -0.311. The Morgan fingerprint density at radius 3 is 2.77 bits per heavy atom. The molecule has 1 saturated heterocycles. The highest BCUT2D eigenvalue weighted by molar-refractivity contribution is 5.10. The molecule has 0 spiro atoms. The Labute approximate surface area is 76.9 Å². The van der Waals surface area contributed by atoms with Crippen LogP contribution >= 0.6 is 0 Å². The highest BCUT2D eigenvalue weighted by Gasteiger charge is 2.32. The molecule has 0 unspecified atom stereocenters. The number of terminal acetylenes is 1. The van der Waals surface area contributed by atoms with Crippen LogP contribution in [-0.4, -0.2) is 28.0 Å². The van der Waals surface area contributed by atoms with Gasteiger partial charge in [0.05, 0.1) is 0 Å². The minimum atomic E-state index is -0.311. The summed E-state index contributed by atoms with van der Waals surface area (Å²) < 4.78 is 7.03. The van der Waals surface area contributed by atoms with Crippen molar-refractivity contribution < 1.29 is 4.74 Å². The normalized spacial score (nSPS) is 20.8. The van der Waals surface area contributed by atoms with Crippen molar-refractivity contribution in [2.75, 3.05) is 13.2 Å². The molecule has 0 amide bonds. The van der Waals surface area contributed by atoms with Gasteiger partial charge in [-0.25, -0.2) is 9.67 Å². The first-order chi connectivity index (χ1) is 6.37. The molecule has 1 aromatic rings. The summed E-state index contributed by atoms with van der Waals surface area (Å²) in [5, 5.41) is 4.09. The molecule has 4 nitrogen and oxygen atoms in total. The van der Waals surface area contributed by atoms with Gasteiger partial charge in [0.1, 0.15) is 18.2 Å². The third-order valence-electron chi connectivity index (χ3n) is 2.45. The van der Waals surface area contributed by atoms with E-state index in [4.69, 9.17) is 11.2 Å². The van der Waals surface area contributed by atoms with Crippen molar-refractivity contribution in [1.29, 1.82) is 0 Å². The van der Waals surface area contributed by atoms with E-state index in [-0.39, 0.29) is 5.54 Å². The third kappa shape index (κ3) is 1.31. The van der Waals surface area contributed by atoms with Crippen LogP contribution in [0.2, 0.25) is 0 Å². The average Bonchev–Trinajstić information content (AvgIpc) is 2.72. The number of rotatable bonds is 1. The van der Waals surface area contributed by atoms with Gasteiger partial charge in [0.15, 0.2) is 0 Å². The van der Waals surface area contributed by atoms with Crippen LogP contribution in [0.4, 0.5) is 0 Å². The molecule has 0 atom stereocenters. The van der Waals surface area contributed by atoms with Gasteiger partial charge in [0.25, 0.3) is 0 Å². The van der Waals surface area contributed by atoms with E-state index in [1.54, 1.807) is 11.0 Å². The first kappa shape index (κ1) is 8.27. The van der Waals surface area contributed by atoms with Crippen LogP contribution in [0.5, 0.6) is 0 Å². The standard InChI is InChI=1S/C9H11N3O/c1-2-9(3-5-13-6-4-9)12-8-10-7-11-12/h1,7-8H,3-6H2. The summed E-state index contributed by atoms with van der Waals surface area (Å²) in [4.78, 5) is 3.91. The highest BCUT2D eigenvalue weighted by Crippen LogP contribution is 2.26. The largest absolute Gasteiger partial charge is 0.381 e. The lowest BCUT2D eigenvalue weighted by atomic mass is 9.91. The second-order valence-electron chi connectivity index (χ2n) is 3.13. The quantitative estimate of drug-likeness (QED) is 0.583. The SMILES string of the molecule is C#CC1(n2cncn2)CCOCC1. The molecule has 4 heteroatoms. The molecule has 68 valence electrons. The molecular weight excluding hydrogens is 166 g/mol. The van der Waals surface area contributed by atoms with E-state index in [1.807, 2.05) is 0 Å². The van der Waals surface area contributed by atoms with Gasteiger partial charge in [0.2, 0.25) is 0 Å². The summed E-state index contributed by atoms with van der Waals surface area (Å²) in [6, 6.07) is 0. The molecule has 0 aromatic carbocycles.